The highest BCUT2D eigenvalue weighted by molar-refractivity contribution is 8.14. The Morgan fingerprint density at radius 2 is 1.62 bits per heavy atom. The van der Waals surface area contributed by atoms with Crippen LogP contribution in [0.2, 0.25) is 0 Å². The number of hydrogen-bond donors (Lipinski definition) is 0. The smallest absolute Gasteiger partial charge is 0.221 e. The van der Waals surface area contributed by atoms with Crippen molar-refractivity contribution in [2.45, 2.75) is 9.92 Å². The van der Waals surface area contributed by atoms with Gasteiger partial charge in [-0.25, -0.2) is 20.8 Å². The standard InChI is InChI=1S/C15H9ClN2O4S2/c16-23(19,20)15-9-12-7-6-11(10-17)8-14(12)18(15)24(21,22)13-4-2-1-3-5-13/h1-9H. The number of nitrogens with zero attached hydrogens (tertiary/aromatic N) is 2. The summed E-state index contributed by atoms with van der Waals surface area (Å²) in [5, 5.41) is 8.79. The van der Waals surface area contributed by atoms with E-state index in [1.165, 1.54) is 48.5 Å². The summed E-state index contributed by atoms with van der Waals surface area (Å²) in [6, 6.07) is 14.7. The summed E-state index contributed by atoms with van der Waals surface area (Å²) in [5.74, 6) is 0. The Hall–Kier alpha value is -2.34. The van der Waals surface area contributed by atoms with Gasteiger partial charge in [0.2, 0.25) is 0 Å². The molecular weight excluding hydrogens is 372 g/mol. The molecule has 24 heavy (non-hydrogen) atoms. The molecule has 1 aromatic heterocycles. The number of halogens is 1. The molecule has 0 N–H and O–H groups in total. The van der Waals surface area contributed by atoms with Crippen molar-refractivity contribution in [3.8, 4) is 6.07 Å². The first-order valence-corrected chi connectivity index (χ1v) is 10.3. The summed E-state index contributed by atoms with van der Waals surface area (Å²) < 4.78 is 50.3. The number of aromatic nitrogens is 1. The zero-order chi connectivity index (χ0) is 17.5. The molecule has 6 nitrogen and oxygen atoms in total. The number of benzene rings is 2. The van der Waals surface area contributed by atoms with E-state index in [0.717, 1.165) is 0 Å². The Morgan fingerprint density at radius 3 is 2.21 bits per heavy atom. The zero-order valence-electron chi connectivity index (χ0n) is 11.9. The summed E-state index contributed by atoms with van der Waals surface area (Å²) in [4.78, 5) is -0.0913. The quantitative estimate of drug-likeness (QED) is 0.651. The van der Waals surface area contributed by atoms with Crippen LogP contribution in [0, 0.1) is 11.3 Å². The fourth-order valence-electron chi connectivity index (χ4n) is 2.34. The van der Waals surface area contributed by atoms with Crippen LogP contribution in [-0.2, 0) is 19.1 Å². The Labute approximate surface area is 143 Å². The minimum Gasteiger partial charge on any atom is -0.221 e. The highest BCUT2D eigenvalue weighted by Crippen LogP contribution is 2.30. The average molecular weight is 381 g/mol. The van der Waals surface area contributed by atoms with E-state index in [-0.39, 0.29) is 16.0 Å². The summed E-state index contributed by atoms with van der Waals surface area (Å²) in [5.41, 5.74) is 0.265. The topological polar surface area (TPSA) is 97.0 Å². The highest BCUT2D eigenvalue weighted by atomic mass is 35.7. The van der Waals surface area contributed by atoms with Crippen LogP contribution in [-0.4, -0.2) is 20.8 Å². The van der Waals surface area contributed by atoms with E-state index in [4.69, 9.17) is 15.9 Å². The van der Waals surface area contributed by atoms with Gasteiger partial charge < -0.3 is 0 Å². The van der Waals surface area contributed by atoms with Crippen LogP contribution in [0.3, 0.4) is 0 Å². The normalized spacial score (nSPS) is 12.2. The fourth-order valence-corrected chi connectivity index (χ4v) is 5.37. The molecule has 1 heterocycles. The zero-order valence-corrected chi connectivity index (χ0v) is 14.3. The molecule has 0 amide bonds. The van der Waals surface area contributed by atoms with Crippen LogP contribution < -0.4 is 0 Å². The van der Waals surface area contributed by atoms with Crippen molar-refractivity contribution in [3.05, 3.63) is 60.2 Å². The molecule has 3 rings (SSSR count). The van der Waals surface area contributed by atoms with E-state index >= 15 is 0 Å². The Kier molecular flexibility index (Phi) is 3.87. The monoisotopic (exact) mass is 380 g/mol. The molecule has 0 aliphatic rings. The maximum Gasteiger partial charge on any atom is 0.277 e. The molecule has 0 aliphatic carbocycles. The third kappa shape index (κ3) is 2.67. The molecule has 122 valence electrons. The molecule has 2 aromatic carbocycles. The largest absolute Gasteiger partial charge is 0.277 e. The fraction of sp³-hybridized carbons (Fsp3) is 0. The number of rotatable bonds is 3. The SMILES string of the molecule is N#Cc1ccc2cc(S(=O)(=O)Cl)n(S(=O)(=O)c3ccccc3)c2c1. The van der Waals surface area contributed by atoms with Gasteiger partial charge in [-0.3, -0.25) is 0 Å². The van der Waals surface area contributed by atoms with Gasteiger partial charge in [0.05, 0.1) is 22.0 Å². The van der Waals surface area contributed by atoms with Gasteiger partial charge >= 0.3 is 0 Å². The van der Waals surface area contributed by atoms with Crippen LogP contribution in [0.25, 0.3) is 10.9 Å². The molecule has 0 aliphatic heterocycles. The number of hydrogen-bond acceptors (Lipinski definition) is 5. The lowest BCUT2D eigenvalue weighted by atomic mass is 10.2. The lowest BCUT2D eigenvalue weighted by Crippen LogP contribution is -2.16. The maximum absolute atomic E-state index is 12.9. The van der Waals surface area contributed by atoms with Gasteiger partial charge in [-0.15, -0.1) is 0 Å². The van der Waals surface area contributed by atoms with Crippen molar-refractivity contribution in [3.63, 3.8) is 0 Å². The second-order valence-corrected chi connectivity index (χ2v) is 9.19. The Bertz CT molecular complexity index is 1190. The van der Waals surface area contributed by atoms with Crippen LogP contribution in [0.4, 0.5) is 0 Å². The molecule has 9 heteroatoms. The average Bonchev–Trinajstić information content (AvgIpc) is 2.95. The van der Waals surface area contributed by atoms with Gasteiger partial charge in [-0.1, -0.05) is 24.3 Å². The predicted molar refractivity (Wildman–Crippen MR) is 88.7 cm³/mol. The molecule has 0 unspecified atom stereocenters. The van der Waals surface area contributed by atoms with Gasteiger partial charge in [0.15, 0.2) is 5.03 Å². The maximum atomic E-state index is 12.9. The summed E-state index contributed by atoms with van der Waals surface area (Å²) in [7, 11) is -3.13. The van der Waals surface area contributed by atoms with E-state index in [1.807, 2.05) is 6.07 Å². The molecule has 3 aromatic rings. The molecule has 0 saturated carbocycles. The first kappa shape index (κ1) is 16.5. The molecule has 0 saturated heterocycles. The van der Waals surface area contributed by atoms with Crippen molar-refractivity contribution in [2.24, 2.45) is 0 Å². The third-order valence-corrected chi connectivity index (χ3v) is 6.52. The second-order valence-electron chi connectivity index (χ2n) is 4.89. The lowest BCUT2D eigenvalue weighted by molar-refractivity contribution is 0.578. The third-order valence-electron chi connectivity index (χ3n) is 3.39. The minimum absolute atomic E-state index is 0.0668. The van der Waals surface area contributed by atoms with Gasteiger partial charge in [-0.2, -0.15) is 5.26 Å². The Balaban J connectivity index is 2.48. The number of fused-ring (bicyclic) bond motifs is 1. The second kappa shape index (κ2) is 5.63. The van der Waals surface area contributed by atoms with Crippen molar-refractivity contribution in [2.75, 3.05) is 0 Å². The first-order valence-electron chi connectivity index (χ1n) is 6.56. The van der Waals surface area contributed by atoms with E-state index in [2.05, 4.69) is 0 Å². The Morgan fingerprint density at radius 1 is 0.958 bits per heavy atom. The minimum atomic E-state index is -4.33. The van der Waals surface area contributed by atoms with Gasteiger partial charge in [0.25, 0.3) is 19.1 Å². The van der Waals surface area contributed by atoms with E-state index in [1.54, 1.807) is 6.07 Å². The highest BCUT2D eigenvalue weighted by Gasteiger charge is 2.28. The van der Waals surface area contributed by atoms with Crippen molar-refractivity contribution < 1.29 is 16.8 Å². The molecule has 0 fully saturated rings. The summed E-state index contributed by atoms with van der Waals surface area (Å²) in [6.45, 7) is 0. The lowest BCUT2D eigenvalue weighted by Gasteiger charge is -2.10. The van der Waals surface area contributed by atoms with Crippen LogP contribution >= 0.6 is 10.7 Å². The van der Waals surface area contributed by atoms with Gasteiger partial charge in [0.1, 0.15) is 0 Å². The summed E-state index contributed by atoms with van der Waals surface area (Å²) in [6.07, 6.45) is 0. The molecule has 0 spiro atoms. The van der Waals surface area contributed by atoms with E-state index in [0.29, 0.717) is 9.36 Å². The van der Waals surface area contributed by atoms with Crippen LogP contribution in [0.5, 0.6) is 0 Å². The first-order chi connectivity index (χ1) is 11.2. The van der Waals surface area contributed by atoms with Crippen LogP contribution in [0.1, 0.15) is 5.56 Å². The summed E-state index contributed by atoms with van der Waals surface area (Å²) >= 11 is 0. The molecule has 0 atom stereocenters. The molecule has 0 radical (unpaired) electrons. The van der Waals surface area contributed by atoms with Gasteiger partial charge in [0, 0.05) is 16.1 Å². The van der Waals surface area contributed by atoms with E-state index < -0.39 is 24.1 Å². The van der Waals surface area contributed by atoms with Crippen molar-refractivity contribution >= 4 is 40.7 Å². The van der Waals surface area contributed by atoms with Crippen LogP contribution in [0.15, 0.2) is 64.5 Å². The molecule has 0 bridgehead atoms. The van der Waals surface area contributed by atoms with E-state index in [9.17, 15) is 16.8 Å². The predicted octanol–water partition coefficient (Wildman–Crippen LogP) is 2.68. The number of nitriles is 1. The van der Waals surface area contributed by atoms with Gasteiger partial charge in [-0.05, 0) is 30.3 Å². The molecular formula is C15H9ClN2O4S2. The van der Waals surface area contributed by atoms with Crippen molar-refractivity contribution in [1.82, 2.24) is 3.97 Å². The van der Waals surface area contributed by atoms with Crippen molar-refractivity contribution in [1.29, 1.82) is 5.26 Å².